The van der Waals surface area contributed by atoms with Crippen molar-refractivity contribution in [2.45, 2.75) is 32.3 Å². The standard InChI is InChI=1S/C20H25NO5S/c1-4-21(5-2)27(23,24)18-12-9-11-16(14-18)20(22)26-15-17-10-7-8-13-19(17)25-6-3/h7-14H,4-6,15H2,1-3H3. The second kappa shape index (κ2) is 9.53. The largest absolute Gasteiger partial charge is 0.493 e. The van der Waals surface area contributed by atoms with Crippen molar-refractivity contribution in [2.24, 2.45) is 0 Å². The van der Waals surface area contributed by atoms with E-state index in [-0.39, 0.29) is 17.1 Å². The normalized spacial score (nSPS) is 11.4. The van der Waals surface area contributed by atoms with E-state index in [0.29, 0.717) is 25.4 Å². The Morgan fingerprint density at radius 3 is 2.37 bits per heavy atom. The van der Waals surface area contributed by atoms with Gasteiger partial charge in [0.05, 0.1) is 17.1 Å². The number of hydrogen-bond acceptors (Lipinski definition) is 5. The van der Waals surface area contributed by atoms with E-state index in [0.717, 1.165) is 5.56 Å². The number of para-hydroxylation sites is 1. The Morgan fingerprint density at radius 2 is 1.70 bits per heavy atom. The monoisotopic (exact) mass is 391 g/mol. The summed E-state index contributed by atoms with van der Waals surface area (Å²) < 4.78 is 37.5. The second-order valence-corrected chi connectivity index (χ2v) is 7.67. The van der Waals surface area contributed by atoms with Gasteiger partial charge in [-0.25, -0.2) is 13.2 Å². The maximum Gasteiger partial charge on any atom is 0.338 e. The molecule has 0 saturated carbocycles. The molecule has 0 spiro atoms. The fraction of sp³-hybridized carbons (Fsp3) is 0.350. The van der Waals surface area contributed by atoms with E-state index >= 15 is 0 Å². The summed E-state index contributed by atoms with van der Waals surface area (Å²) >= 11 is 0. The van der Waals surface area contributed by atoms with Crippen LogP contribution in [0.25, 0.3) is 0 Å². The molecule has 27 heavy (non-hydrogen) atoms. The number of sulfonamides is 1. The van der Waals surface area contributed by atoms with E-state index in [1.807, 2.05) is 31.2 Å². The molecular weight excluding hydrogens is 366 g/mol. The minimum absolute atomic E-state index is 0.0437. The predicted octanol–water partition coefficient (Wildman–Crippen LogP) is 3.47. The summed E-state index contributed by atoms with van der Waals surface area (Å²) in [5.41, 5.74) is 0.941. The molecule has 2 aromatic carbocycles. The number of ether oxygens (including phenoxy) is 2. The maximum atomic E-state index is 12.6. The van der Waals surface area contributed by atoms with Crippen LogP contribution in [0.5, 0.6) is 5.75 Å². The molecule has 6 nitrogen and oxygen atoms in total. The number of nitrogens with zero attached hydrogens (tertiary/aromatic N) is 1. The molecule has 0 saturated heterocycles. The van der Waals surface area contributed by atoms with E-state index in [4.69, 9.17) is 9.47 Å². The lowest BCUT2D eigenvalue weighted by atomic mass is 10.2. The van der Waals surface area contributed by atoms with Crippen LogP contribution in [0, 0.1) is 0 Å². The van der Waals surface area contributed by atoms with Gasteiger partial charge in [-0.05, 0) is 31.2 Å². The van der Waals surface area contributed by atoms with Gasteiger partial charge in [-0.2, -0.15) is 4.31 Å². The number of carbonyl (C=O) groups is 1. The van der Waals surface area contributed by atoms with Crippen molar-refractivity contribution in [2.75, 3.05) is 19.7 Å². The molecule has 0 amide bonds. The molecule has 0 N–H and O–H groups in total. The smallest absolute Gasteiger partial charge is 0.338 e. The molecule has 0 aliphatic heterocycles. The summed E-state index contributed by atoms with van der Waals surface area (Å²) in [6, 6.07) is 13.2. The first-order chi connectivity index (χ1) is 12.9. The van der Waals surface area contributed by atoms with Crippen LogP contribution in [0.3, 0.4) is 0 Å². The van der Waals surface area contributed by atoms with Crippen molar-refractivity contribution in [3.05, 3.63) is 59.7 Å². The Balaban J connectivity index is 2.17. The van der Waals surface area contributed by atoms with Crippen molar-refractivity contribution < 1.29 is 22.7 Å². The first-order valence-corrected chi connectivity index (χ1v) is 10.4. The molecule has 0 atom stereocenters. The number of hydrogen-bond donors (Lipinski definition) is 0. The number of esters is 1. The topological polar surface area (TPSA) is 72.9 Å². The van der Waals surface area contributed by atoms with Crippen LogP contribution in [-0.4, -0.2) is 38.4 Å². The number of carbonyl (C=O) groups excluding carboxylic acids is 1. The highest BCUT2D eigenvalue weighted by Gasteiger charge is 2.22. The summed E-state index contributed by atoms with van der Waals surface area (Å²) in [4.78, 5) is 12.5. The summed E-state index contributed by atoms with van der Waals surface area (Å²) in [6.07, 6.45) is 0. The molecular formula is C20H25NO5S. The Hall–Kier alpha value is -2.38. The van der Waals surface area contributed by atoms with E-state index in [1.54, 1.807) is 19.9 Å². The van der Waals surface area contributed by atoms with Crippen LogP contribution in [0.2, 0.25) is 0 Å². The van der Waals surface area contributed by atoms with Crippen molar-refractivity contribution in [1.82, 2.24) is 4.31 Å². The summed E-state index contributed by atoms with van der Waals surface area (Å²) in [6.45, 7) is 6.70. The summed E-state index contributed by atoms with van der Waals surface area (Å²) in [5.74, 6) is 0.0727. The van der Waals surface area contributed by atoms with Gasteiger partial charge in [-0.15, -0.1) is 0 Å². The molecule has 0 aliphatic rings. The van der Waals surface area contributed by atoms with Crippen LogP contribution < -0.4 is 4.74 Å². The second-order valence-electron chi connectivity index (χ2n) is 5.73. The molecule has 0 unspecified atom stereocenters. The van der Waals surface area contributed by atoms with Crippen molar-refractivity contribution >= 4 is 16.0 Å². The van der Waals surface area contributed by atoms with Crippen molar-refractivity contribution in [1.29, 1.82) is 0 Å². The lowest BCUT2D eigenvalue weighted by Gasteiger charge is -2.18. The molecule has 2 rings (SSSR count). The van der Waals surface area contributed by atoms with Gasteiger partial charge in [0.1, 0.15) is 12.4 Å². The van der Waals surface area contributed by atoms with Gasteiger partial charge in [0.15, 0.2) is 0 Å². The van der Waals surface area contributed by atoms with Crippen LogP contribution in [0.15, 0.2) is 53.4 Å². The Labute approximate surface area is 160 Å². The number of benzene rings is 2. The quantitative estimate of drug-likeness (QED) is 0.612. The molecule has 0 aliphatic carbocycles. The van der Waals surface area contributed by atoms with E-state index in [1.165, 1.54) is 22.5 Å². The lowest BCUT2D eigenvalue weighted by Crippen LogP contribution is -2.30. The van der Waals surface area contributed by atoms with Crippen LogP contribution >= 0.6 is 0 Å². The van der Waals surface area contributed by atoms with Crippen molar-refractivity contribution in [3.63, 3.8) is 0 Å². The summed E-state index contributed by atoms with van der Waals surface area (Å²) in [5, 5.41) is 0. The Morgan fingerprint density at radius 1 is 1.00 bits per heavy atom. The lowest BCUT2D eigenvalue weighted by molar-refractivity contribution is 0.0469. The van der Waals surface area contributed by atoms with Gasteiger partial charge in [-0.1, -0.05) is 38.1 Å². The van der Waals surface area contributed by atoms with Crippen LogP contribution in [0.1, 0.15) is 36.7 Å². The third-order valence-electron chi connectivity index (χ3n) is 4.04. The third kappa shape index (κ3) is 5.08. The van der Waals surface area contributed by atoms with E-state index < -0.39 is 16.0 Å². The Kier molecular flexibility index (Phi) is 7.38. The van der Waals surface area contributed by atoms with Gasteiger partial charge in [0.25, 0.3) is 0 Å². The first-order valence-electron chi connectivity index (χ1n) is 8.92. The highest BCUT2D eigenvalue weighted by Crippen LogP contribution is 2.21. The van der Waals surface area contributed by atoms with Crippen LogP contribution in [0.4, 0.5) is 0 Å². The molecule has 0 radical (unpaired) electrons. The zero-order valence-electron chi connectivity index (χ0n) is 15.8. The maximum absolute atomic E-state index is 12.6. The van der Waals surface area contributed by atoms with Gasteiger partial charge in [0, 0.05) is 18.7 Å². The molecule has 7 heteroatoms. The predicted molar refractivity (Wildman–Crippen MR) is 103 cm³/mol. The average molecular weight is 391 g/mol. The van der Waals surface area contributed by atoms with E-state index in [9.17, 15) is 13.2 Å². The highest BCUT2D eigenvalue weighted by molar-refractivity contribution is 7.89. The number of rotatable bonds is 9. The van der Waals surface area contributed by atoms with Gasteiger partial charge >= 0.3 is 5.97 Å². The van der Waals surface area contributed by atoms with E-state index in [2.05, 4.69) is 0 Å². The zero-order chi connectivity index (χ0) is 19.9. The molecule has 0 aromatic heterocycles. The first kappa shape index (κ1) is 20.9. The van der Waals surface area contributed by atoms with Crippen LogP contribution in [-0.2, 0) is 21.4 Å². The SMILES string of the molecule is CCOc1ccccc1COC(=O)c1cccc(S(=O)(=O)N(CC)CC)c1. The molecule has 0 bridgehead atoms. The molecule has 0 fully saturated rings. The zero-order valence-corrected chi connectivity index (χ0v) is 16.7. The fourth-order valence-corrected chi connectivity index (χ4v) is 4.15. The minimum Gasteiger partial charge on any atom is -0.493 e. The minimum atomic E-state index is -3.63. The molecule has 2 aromatic rings. The third-order valence-corrected chi connectivity index (χ3v) is 6.09. The average Bonchev–Trinajstić information content (AvgIpc) is 2.68. The summed E-state index contributed by atoms with van der Waals surface area (Å²) in [7, 11) is -3.63. The molecule has 146 valence electrons. The fourth-order valence-electron chi connectivity index (χ4n) is 2.64. The highest BCUT2D eigenvalue weighted by atomic mass is 32.2. The van der Waals surface area contributed by atoms with Crippen molar-refractivity contribution in [3.8, 4) is 5.75 Å². The van der Waals surface area contributed by atoms with Gasteiger partial charge < -0.3 is 9.47 Å². The molecule has 0 heterocycles. The van der Waals surface area contributed by atoms with Gasteiger partial charge in [0.2, 0.25) is 10.0 Å². The van der Waals surface area contributed by atoms with Gasteiger partial charge in [-0.3, -0.25) is 0 Å². The Bertz CT molecular complexity index is 875.